The van der Waals surface area contributed by atoms with E-state index in [1.54, 1.807) is 0 Å². The fourth-order valence-corrected chi connectivity index (χ4v) is 2.57. The molecular formula is C14H19ClN2O5. The normalized spacial score (nSPS) is 14.5. The van der Waals surface area contributed by atoms with Gasteiger partial charge < -0.3 is 15.5 Å². The van der Waals surface area contributed by atoms with Gasteiger partial charge in [0.1, 0.15) is 0 Å². The van der Waals surface area contributed by atoms with Gasteiger partial charge in [-0.25, -0.2) is 0 Å². The van der Waals surface area contributed by atoms with E-state index in [9.17, 15) is 25.1 Å². The summed E-state index contributed by atoms with van der Waals surface area (Å²) in [4.78, 5) is 21.9. The number of hydrogen-bond donors (Lipinski definition) is 3. The number of halogens is 1. The van der Waals surface area contributed by atoms with Crippen molar-refractivity contribution in [3.63, 3.8) is 0 Å². The summed E-state index contributed by atoms with van der Waals surface area (Å²) in [5.74, 6) is -1.78. The summed E-state index contributed by atoms with van der Waals surface area (Å²) in [6.45, 7) is 0.499. The van der Waals surface area contributed by atoms with E-state index in [1.807, 2.05) is 0 Å². The highest BCUT2D eigenvalue weighted by Gasteiger charge is 2.21. The Kier molecular flexibility index (Phi) is 6.58. The maximum Gasteiger partial charge on any atom is 0.315 e. The molecule has 7 nitrogen and oxygen atoms in total. The van der Waals surface area contributed by atoms with Gasteiger partial charge in [-0.15, -0.1) is 12.4 Å². The SMILES string of the molecule is Cl.O=C(CCNC1CCCC1)c1cc(O)c(O)c([N+](=O)[O-])c1. The Bertz CT molecular complexity index is 558. The lowest BCUT2D eigenvalue weighted by Gasteiger charge is -2.11. The second-order valence-electron chi connectivity index (χ2n) is 5.23. The molecule has 0 aliphatic heterocycles. The molecule has 0 saturated heterocycles. The first kappa shape index (κ1) is 18.2. The summed E-state index contributed by atoms with van der Waals surface area (Å²) in [5.41, 5.74) is -0.632. The van der Waals surface area contributed by atoms with Crippen LogP contribution in [0.4, 0.5) is 5.69 Å². The minimum Gasteiger partial charge on any atom is -0.504 e. The number of hydrogen-bond acceptors (Lipinski definition) is 6. The Morgan fingerprint density at radius 2 is 1.95 bits per heavy atom. The molecule has 122 valence electrons. The minimum atomic E-state index is -0.831. The molecule has 8 heteroatoms. The molecule has 1 aromatic rings. The van der Waals surface area contributed by atoms with Gasteiger partial charge in [-0.2, -0.15) is 0 Å². The second-order valence-corrected chi connectivity index (χ2v) is 5.23. The van der Waals surface area contributed by atoms with Gasteiger partial charge >= 0.3 is 5.69 Å². The Hall–Kier alpha value is -1.86. The predicted octanol–water partition coefficient (Wildman–Crippen LogP) is 2.53. The lowest BCUT2D eigenvalue weighted by Crippen LogP contribution is -2.28. The smallest absolute Gasteiger partial charge is 0.315 e. The monoisotopic (exact) mass is 330 g/mol. The molecule has 0 amide bonds. The van der Waals surface area contributed by atoms with E-state index >= 15 is 0 Å². The van der Waals surface area contributed by atoms with Gasteiger partial charge in [-0.05, 0) is 18.9 Å². The van der Waals surface area contributed by atoms with Crippen LogP contribution in [-0.4, -0.2) is 33.5 Å². The molecule has 1 fully saturated rings. The van der Waals surface area contributed by atoms with E-state index in [0.29, 0.717) is 12.6 Å². The van der Waals surface area contributed by atoms with Gasteiger partial charge in [0.2, 0.25) is 5.75 Å². The number of Topliss-reactive ketones (excluding diaryl/α,β-unsaturated/α-hetero) is 1. The Morgan fingerprint density at radius 1 is 1.32 bits per heavy atom. The molecule has 0 bridgehead atoms. The predicted molar refractivity (Wildman–Crippen MR) is 82.9 cm³/mol. The molecule has 0 heterocycles. The summed E-state index contributed by atoms with van der Waals surface area (Å²) in [7, 11) is 0. The summed E-state index contributed by atoms with van der Waals surface area (Å²) in [6.07, 6.45) is 4.81. The van der Waals surface area contributed by atoms with Gasteiger partial charge in [0.15, 0.2) is 11.5 Å². The lowest BCUT2D eigenvalue weighted by molar-refractivity contribution is -0.386. The van der Waals surface area contributed by atoms with E-state index in [4.69, 9.17) is 0 Å². The van der Waals surface area contributed by atoms with Crippen LogP contribution in [0.1, 0.15) is 42.5 Å². The van der Waals surface area contributed by atoms with Crippen LogP contribution in [0.25, 0.3) is 0 Å². The number of phenolic OH excluding ortho intramolecular Hbond substituents is 2. The van der Waals surface area contributed by atoms with Crippen LogP contribution in [0.5, 0.6) is 11.5 Å². The largest absolute Gasteiger partial charge is 0.504 e. The van der Waals surface area contributed by atoms with Crippen LogP contribution in [0, 0.1) is 10.1 Å². The van der Waals surface area contributed by atoms with Crippen molar-refractivity contribution in [2.24, 2.45) is 0 Å². The zero-order valence-corrected chi connectivity index (χ0v) is 12.8. The Morgan fingerprint density at radius 3 is 2.55 bits per heavy atom. The van der Waals surface area contributed by atoms with Crippen molar-refractivity contribution in [2.45, 2.75) is 38.1 Å². The third-order valence-electron chi connectivity index (χ3n) is 3.73. The van der Waals surface area contributed by atoms with Crippen molar-refractivity contribution in [1.29, 1.82) is 0 Å². The molecule has 0 spiro atoms. The first-order valence-corrected chi connectivity index (χ1v) is 6.96. The first-order valence-electron chi connectivity index (χ1n) is 6.96. The van der Waals surface area contributed by atoms with E-state index in [0.717, 1.165) is 25.0 Å². The van der Waals surface area contributed by atoms with Crippen LogP contribution in [0.15, 0.2) is 12.1 Å². The number of phenols is 2. The van der Waals surface area contributed by atoms with E-state index in [2.05, 4.69) is 5.32 Å². The average Bonchev–Trinajstić information content (AvgIpc) is 2.94. The number of benzene rings is 1. The van der Waals surface area contributed by atoms with Gasteiger partial charge in [-0.3, -0.25) is 14.9 Å². The molecule has 1 saturated carbocycles. The number of nitrogens with zero attached hydrogens (tertiary/aromatic N) is 1. The topological polar surface area (TPSA) is 113 Å². The number of rotatable bonds is 6. The molecular weight excluding hydrogens is 312 g/mol. The lowest BCUT2D eigenvalue weighted by atomic mass is 10.1. The van der Waals surface area contributed by atoms with E-state index in [-0.39, 0.29) is 30.2 Å². The minimum absolute atomic E-state index is 0. The summed E-state index contributed by atoms with van der Waals surface area (Å²) >= 11 is 0. The molecule has 1 aromatic carbocycles. The van der Waals surface area contributed by atoms with Crippen LogP contribution in [0.3, 0.4) is 0 Å². The number of carbonyl (C=O) groups excluding carboxylic acids is 1. The van der Waals surface area contributed by atoms with E-state index in [1.165, 1.54) is 12.8 Å². The number of nitro groups is 1. The second kappa shape index (κ2) is 7.95. The highest BCUT2D eigenvalue weighted by molar-refractivity contribution is 5.97. The average molecular weight is 331 g/mol. The molecule has 0 unspecified atom stereocenters. The number of carbonyl (C=O) groups is 1. The highest BCUT2D eigenvalue weighted by Crippen LogP contribution is 2.36. The zero-order chi connectivity index (χ0) is 15.4. The molecule has 0 aromatic heterocycles. The van der Waals surface area contributed by atoms with Gasteiger partial charge in [0.25, 0.3) is 0 Å². The third-order valence-corrected chi connectivity index (χ3v) is 3.73. The van der Waals surface area contributed by atoms with E-state index < -0.39 is 22.1 Å². The van der Waals surface area contributed by atoms with Gasteiger partial charge in [-0.1, -0.05) is 12.8 Å². The number of nitrogens with one attached hydrogen (secondary N) is 1. The maximum absolute atomic E-state index is 12.0. The molecule has 0 radical (unpaired) electrons. The van der Waals surface area contributed by atoms with Crippen LogP contribution < -0.4 is 5.32 Å². The van der Waals surface area contributed by atoms with Crippen molar-refractivity contribution in [3.05, 3.63) is 27.8 Å². The standard InChI is InChI=1S/C14H18N2O5.ClH/c17-12(5-6-15-10-3-1-2-4-10)9-7-11(16(20)21)14(19)13(18)8-9;/h7-8,10,15,18-19H,1-6H2;1H. The van der Waals surface area contributed by atoms with Crippen LogP contribution in [0.2, 0.25) is 0 Å². The highest BCUT2D eigenvalue weighted by atomic mass is 35.5. The fraction of sp³-hybridized carbons (Fsp3) is 0.500. The molecule has 22 heavy (non-hydrogen) atoms. The van der Waals surface area contributed by atoms with Crippen molar-refractivity contribution in [1.82, 2.24) is 5.32 Å². The molecule has 1 aliphatic rings. The van der Waals surface area contributed by atoms with Crippen molar-refractivity contribution in [3.8, 4) is 11.5 Å². The number of aromatic hydroxyl groups is 2. The molecule has 0 atom stereocenters. The van der Waals surface area contributed by atoms with Crippen molar-refractivity contribution < 1.29 is 19.9 Å². The van der Waals surface area contributed by atoms with Crippen molar-refractivity contribution >= 4 is 23.9 Å². The summed E-state index contributed by atoms with van der Waals surface area (Å²) < 4.78 is 0. The maximum atomic E-state index is 12.0. The van der Waals surface area contributed by atoms with Gasteiger partial charge in [0.05, 0.1) is 4.92 Å². The van der Waals surface area contributed by atoms with Crippen molar-refractivity contribution in [2.75, 3.05) is 6.54 Å². The number of nitro benzene ring substituents is 1. The fourth-order valence-electron chi connectivity index (χ4n) is 2.57. The van der Waals surface area contributed by atoms with Crippen LogP contribution >= 0.6 is 12.4 Å². The number of ketones is 1. The quantitative estimate of drug-likeness (QED) is 0.320. The summed E-state index contributed by atoms with van der Waals surface area (Å²) in [5, 5.41) is 32.9. The first-order chi connectivity index (χ1) is 9.99. The Balaban J connectivity index is 0.00000242. The zero-order valence-electron chi connectivity index (χ0n) is 11.9. The molecule has 2 rings (SSSR count). The Labute approximate surface area is 133 Å². The summed E-state index contributed by atoms with van der Waals surface area (Å²) in [6, 6.07) is 2.49. The third kappa shape index (κ3) is 4.32. The van der Waals surface area contributed by atoms with Gasteiger partial charge in [0, 0.05) is 30.6 Å². The molecule has 3 N–H and O–H groups in total. The molecule has 1 aliphatic carbocycles. The van der Waals surface area contributed by atoms with Crippen LogP contribution in [-0.2, 0) is 0 Å².